The molecule has 3 fully saturated rings. The van der Waals surface area contributed by atoms with Gasteiger partial charge in [-0.05, 0) is 57.5 Å². The van der Waals surface area contributed by atoms with E-state index >= 15 is 0 Å². The standard InChI is InChI=1S/C20H35N5O3.ClH/c26-18(24-20(28)23-16-7-2-1-3-8-16)14-25-11-5-6-15(13-25)12-22-19(27)17-9-4-10-21-17;/h15-17,21H,1-14H2,(H,22,27)(H2,23,24,26,28);1H. The summed E-state index contributed by atoms with van der Waals surface area (Å²) in [5.74, 6) is 0.183. The van der Waals surface area contributed by atoms with Crippen LogP contribution in [0.15, 0.2) is 0 Å². The van der Waals surface area contributed by atoms with Crippen molar-refractivity contribution in [1.82, 2.24) is 26.2 Å². The molecule has 2 atom stereocenters. The number of carbonyl (C=O) groups excluding carboxylic acids is 3. The fourth-order valence-corrected chi connectivity index (χ4v) is 4.58. The molecule has 3 rings (SSSR count). The Morgan fingerprint density at radius 1 is 0.966 bits per heavy atom. The second-order valence-corrected chi connectivity index (χ2v) is 8.49. The van der Waals surface area contributed by atoms with E-state index in [0.717, 1.165) is 71.0 Å². The number of imide groups is 1. The van der Waals surface area contributed by atoms with Crippen molar-refractivity contribution < 1.29 is 14.4 Å². The Morgan fingerprint density at radius 3 is 2.48 bits per heavy atom. The maximum absolute atomic E-state index is 12.2. The van der Waals surface area contributed by atoms with Gasteiger partial charge in [-0.1, -0.05) is 19.3 Å². The van der Waals surface area contributed by atoms with Gasteiger partial charge in [0.05, 0.1) is 12.6 Å². The summed E-state index contributed by atoms with van der Waals surface area (Å²) < 4.78 is 0. The minimum atomic E-state index is -0.373. The Balaban J connectivity index is 0.00000300. The van der Waals surface area contributed by atoms with Crippen molar-refractivity contribution in [3.63, 3.8) is 0 Å². The molecule has 1 saturated carbocycles. The molecule has 1 aliphatic carbocycles. The third kappa shape index (κ3) is 8.10. The molecule has 2 heterocycles. The van der Waals surface area contributed by atoms with Crippen LogP contribution >= 0.6 is 12.4 Å². The van der Waals surface area contributed by atoms with Crippen LogP contribution < -0.4 is 21.3 Å². The van der Waals surface area contributed by atoms with Crippen LogP contribution in [0.3, 0.4) is 0 Å². The zero-order chi connectivity index (χ0) is 19.8. The van der Waals surface area contributed by atoms with Crippen molar-refractivity contribution in [3.8, 4) is 0 Å². The van der Waals surface area contributed by atoms with E-state index < -0.39 is 0 Å². The van der Waals surface area contributed by atoms with Crippen LogP contribution in [-0.2, 0) is 9.59 Å². The molecule has 2 aliphatic heterocycles. The average molecular weight is 430 g/mol. The largest absolute Gasteiger partial charge is 0.354 e. The van der Waals surface area contributed by atoms with E-state index in [2.05, 4.69) is 26.2 Å². The van der Waals surface area contributed by atoms with Gasteiger partial charge in [-0.15, -0.1) is 12.4 Å². The summed E-state index contributed by atoms with van der Waals surface area (Å²) in [7, 11) is 0. The topological polar surface area (TPSA) is 103 Å². The Morgan fingerprint density at radius 2 is 1.76 bits per heavy atom. The highest BCUT2D eigenvalue weighted by atomic mass is 35.5. The van der Waals surface area contributed by atoms with E-state index in [-0.39, 0.29) is 48.9 Å². The molecule has 29 heavy (non-hydrogen) atoms. The van der Waals surface area contributed by atoms with E-state index in [1.807, 2.05) is 0 Å². The van der Waals surface area contributed by atoms with E-state index in [1.54, 1.807) is 0 Å². The monoisotopic (exact) mass is 429 g/mol. The average Bonchev–Trinajstić information content (AvgIpc) is 3.22. The Bertz CT molecular complexity index is 550. The Kier molecular flexibility index (Phi) is 10.2. The molecular weight excluding hydrogens is 394 g/mol. The molecule has 4 amide bonds. The number of carbonyl (C=O) groups is 3. The Labute approximate surface area is 179 Å². The van der Waals surface area contributed by atoms with Crippen LogP contribution in [0.4, 0.5) is 4.79 Å². The van der Waals surface area contributed by atoms with Crippen LogP contribution in [-0.4, -0.2) is 67.6 Å². The summed E-state index contributed by atoms with van der Waals surface area (Å²) in [6.45, 7) is 3.42. The minimum absolute atomic E-state index is 0. The first-order valence-corrected chi connectivity index (χ1v) is 10.9. The molecule has 4 N–H and O–H groups in total. The number of amides is 4. The highest BCUT2D eigenvalue weighted by Crippen LogP contribution is 2.17. The van der Waals surface area contributed by atoms with Crippen molar-refractivity contribution in [3.05, 3.63) is 0 Å². The number of nitrogens with one attached hydrogen (secondary N) is 4. The van der Waals surface area contributed by atoms with E-state index in [1.165, 1.54) is 6.42 Å². The SMILES string of the molecule is Cl.O=C(CN1CCCC(CNC(=O)C2CCCN2)C1)NC(=O)NC1CCCCC1. The summed E-state index contributed by atoms with van der Waals surface area (Å²) in [5.41, 5.74) is 0. The zero-order valence-corrected chi connectivity index (χ0v) is 18.0. The summed E-state index contributed by atoms with van der Waals surface area (Å²) in [5, 5.41) is 11.6. The van der Waals surface area contributed by atoms with E-state index in [9.17, 15) is 14.4 Å². The second kappa shape index (κ2) is 12.3. The molecule has 3 aliphatic rings. The molecule has 0 aromatic rings. The van der Waals surface area contributed by atoms with Crippen LogP contribution in [0.2, 0.25) is 0 Å². The normalized spacial score (nSPS) is 25.7. The van der Waals surface area contributed by atoms with Crippen LogP contribution in [0.5, 0.6) is 0 Å². The number of likely N-dealkylation sites (tertiary alicyclic amines) is 1. The van der Waals surface area contributed by atoms with Gasteiger partial charge in [-0.25, -0.2) is 4.79 Å². The number of urea groups is 1. The van der Waals surface area contributed by atoms with Crippen molar-refractivity contribution in [2.75, 3.05) is 32.7 Å². The van der Waals surface area contributed by atoms with Gasteiger partial charge < -0.3 is 16.0 Å². The van der Waals surface area contributed by atoms with Gasteiger partial charge in [0, 0.05) is 19.1 Å². The zero-order valence-electron chi connectivity index (χ0n) is 17.2. The van der Waals surface area contributed by atoms with Gasteiger partial charge in [0.2, 0.25) is 11.8 Å². The number of piperidine rings is 1. The second-order valence-electron chi connectivity index (χ2n) is 8.49. The molecule has 0 aromatic heterocycles. The number of nitrogens with zero attached hydrogens (tertiary/aromatic N) is 1. The third-order valence-electron chi connectivity index (χ3n) is 6.11. The first-order chi connectivity index (χ1) is 13.6. The lowest BCUT2D eigenvalue weighted by Gasteiger charge is -2.32. The molecule has 2 saturated heterocycles. The van der Waals surface area contributed by atoms with E-state index in [0.29, 0.717) is 12.5 Å². The molecule has 9 heteroatoms. The predicted octanol–water partition coefficient (Wildman–Crippen LogP) is 1.15. The van der Waals surface area contributed by atoms with Crippen molar-refractivity contribution in [2.45, 2.75) is 69.9 Å². The fraction of sp³-hybridized carbons (Fsp3) is 0.850. The van der Waals surface area contributed by atoms with Crippen molar-refractivity contribution >= 4 is 30.3 Å². The van der Waals surface area contributed by atoms with Gasteiger partial charge >= 0.3 is 6.03 Å². The first-order valence-electron chi connectivity index (χ1n) is 10.9. The summed E-state index contributed by atoms with van der Waals surface area (Å²) in [6, 6.07) is -0.228. The van der Waals surface area contributed by atoms with Gasteiger partial charge in [0.1, 0.15) is 0 Å². The molecule has 0 radical (unpaired) electrons. The molecule has 0 bridgehead atoms. The predicted molar refractivity (Wildman–Crippen MR) is 114 cm³/mol. The number of hydrogen-bond acceptors (Lipinski definition) is 5. The smallest absolute Gasteiger partial charge is 0.321 e. The number of halogens is 1. The van der Waals surface area contributed by atoms with E-state index in [4.69, 9.17) is 0 Å². The lowest BCUT2D eigenvalue weighted by Crippen LogP contribution is -2.50. The van der Waals surface area contributed by atoms with Gasteiger partial charge in [0.25, 0.3) is 0 Å². The maximum atomic E-state index is 12.2. The number of rotatable bonds is 6. The summed E-state index contributed by atoms with van der Waals surface area (Å²) >= 11 is 0. The fourth-order valence-electron chi connectivity index (χ4n) is 4.58. The molecular formula is C20H36ClN5O3. The van der Waals surface area contributed by atoms with Crippen molar-refractivity contribution in [2.24, 2.45) is 5.92 Å². The molecule has 8 nitrogen and oxygen atoms in total. The third-order valence-corrected chi connectivity index (χ3v) is 6.11. The van der Waals surface area contributed by atoms with Gasteiger partial charge in [-0.3, -0.25) is 19.8 Å². The molecule has 0 aromatic carbocycles. The lowest BCUT2D eigenvalue weighted by atomic mass is 9.96. The lowest BCUT2D eigenvalue weighted by molar-refractivity contribution is -0.124. The van der Waals surface area contributed by atoms with Gasteiger partial charge in [0.15, 0.2) is 0 Å². The van der Waals surface area contributed by atoms with Crippen LogP contribution in [0, 0.1) is 5.92 Å². The first kappa shape index (κ1) is 23.9. The van der Waals surface area contributed by atoms with Gasteiger partial charge in [-0.2, -0.15) is 0 Å². The molecule has 0 spiro atoms. The van der Waals surface area contributed by atoms with Crippen molar-refractivity contribution in [1.29, 1.82) is 0 Å². The minimum Gasteiger partial charge on any atom is -0.354 e. The molecule has 2 unspecified atom stereocenters. The highest BCUT2D eigenvalue weighted by Gasteiger charge is 2.26. The highest BCUT2D eigenvalue weighted by molar-refractivity contribution is 5.95. The quantitative estimate of drug-likeness (QED) is 0.507. The maximum Gasteiger partial charge on any atom is 0.321 e. The summed E-state index contributed by atoms with van der Waals surface area (Å²) in [6.07, 6.45) is 9.52. The number of hydrogen-bond donors (Lipinski definition) is 4. The van der Waals surface area contributed by atoms with Crippen LogP contribution in [0.1, 0.15) is 57.8 Å². The van der Waals surface area contributed by atoms with Crippen LogP contribution in [0.25, 0.3) is 0 Å². The molecule has 166 valence electrons. The Hall–Kier alpha value is -1.38. The summed E-state index contributed by atoms with van der Waals surface area (Å²) in [4.78, 5) is 38.5.